The zero-order valence-electron chi connectivity index (χ0n) is 11.7. The maximum absolute atomic E-state index is 5.81. The van der Waals surface area contributed by atoms with Crippen molar-refractivity contribution in [2.45, 2.75) is 0 Å². The van der Waals surface area contributed by atoms with Crippen molar-refractivity contribution >= 4 is 0 Å². The minimum Gasteiger partial charge on any atom is -0.379 e. The van der Waals surface area contributed by atoms with Crippen molar-refractivity contribution in [1.29, 1.82) is 0 Å². The fraction of sp³-hybridized carbons (Fsp3) is 1.00. The Labute approximate surface area is 115 Å². The van der Waals surface area contributed by atoms with Crippen LogP contribution >= 0.6 is 0 Å². The molecule has 0 aromatic heterocycles. The fourth-order valence-electron chi connectivity index (χ4n) is 1.61. The van der Waals surface area contributed by atoms with Crippen molar-refractivity contribution in [3.63, 3.8) is 0 Å². The number of nitrogens with two attached hydrogens (primary N) is 1. The summed E-state index contributed by atoms with van der Waals surface area (Å²) >= 11 is 0. The standard InChI is InChI=1S/C12H28N4O3/c13-16-5-11-18-9-3-14-1-7-17-8-2-15-4-10-19-12-6-16/h14-15H,1-13H2. The Morgan fingerprint density at radius 3 is 1.42 bits per heavy atom. The second-order valence-corrected chi connectivity index (χ2v) is 4.37. The summed E-state index contributed by atoms with van der Waals surface area (Å²) in [6, 6.07) is 0. The highest BCUT2D eigenvalue weighted by Gasteiger charge is 1.99. The van der Waals surface area contributed by atoms with Gasteiger partial charge in [0.1, 0.15) is 0 Å². The van der Waals surface area contributed by atoms with Crippen LogP contribution in [-0.2, 0) is 14.2 Å². The highest BCUT2D eigenvalue weighted by molar-refractivity contribution is 4.51. The van der Waals surface area contributed by atoms with E-state index in [1.165, 1.54) is 0 Å². The lowest BCUT2D eigenvalue weighted by Crippen LogP contribution is -2.38. The first-order valence-corrected chi connectivity index (χ1v) is 7.04. The molecule has 1 saturated heterocycles. The average molecular weight is 276 g/mol. The van der Waals surface area contributed by atoms with Gasteiger partial charge in [-0.15, -0.1) is 0 Å². The highest BCUT2D eigenvalue weighted by atomic mass is 16.5. The number of nitrogens with zero attached hydrogens (tertiary/aromatic N) is 1. The highest BCUT2D eigenvalue weighted by Crippen LogP contribution is 1.83. The summed E-state index contributed by atoms with van der Waals surface area (Å²) in [6.07, 6.45) is 0. The molecule has 114 valence electrons. The van der Waals surface area contributed by atoms with Crippen LogP contribution in [0.4, 0.5) is 0 Å². The molecule has 7 nitrogen and oxygen atoms in total. The van der Waals surface area contributed by atoms with Crippen LogP contribution in [0.25, 0.3) is 0 Å². The molecule has 0 aliphatic carbocycles. The monoisotopic (exact) mass is 276 g/mol. The van der Waals surface area contributed by atoms with Crippen molar-refractivity contribution in [3.05, 3.63) is 0 Å². The molecule has 0 radical (unpaired) electrons. The molecule has 1 fully saturated rings. The van der Waals surface area contributed by atoms with Crippen LogP contribution in [0.15, 0.2) is 0 Å². The first-order chi connectivity index (χ1) is 9.39. The molecule has 0 unspecified atom stereocenters. The molecule has 1 aliphatic heterocycles. The Morgan fingerprint density at radius 1 is 0.632 bits per heavy atom. The molecule has 1 aliphatic rings. The number of hydrazine groups is 1. The Hall–Kier alpha value is -0.280. The van der Waals surface area contributed by atoms with Gasteiger partial charge in [0.25, 0.3) is 0 Å². The predicted octanol–water partition coefficient (Wildman–Crippen LogP) is -1.60. The summed E-state index contributed by atoms with van der Waals surface area (Å²) in [6.45, 7) is 9.01. The van der Waals surface area contributed by atoms with E-state index in [9.17, 15) is 0 Å². The van der Waals surface area contributed by atoms with Gasteiger partial charge < -0.3 is 24.8 Å². The molecule has 4 N–H and O–H groups in total. The van der Waals surface area contributed by atoms with Crippen LogP contribution in [0.3, 0.4) is 0 Å². The maximum atomic E-state index is 5.81. The number of hydrogen-bond acceptors (Lipinski definition) is 7. The van der Waals surface area contributed by atoms with Crippen molar-refractivity contribution in [2.75, 3.05) is 78.9 Å². The predicted molar refractivity (Wildman–Crippen MR) is 74.0 cm³/mol. The van der Waals surface area contributed by atoms with E-state index in [4.69, 9.17) is 20.1 Å². The molecule has 0 atom stereocenters. The molecule has 1 heterocycles. The smallest absolute Gasteiger partial charge is 0.0608 e. The van der Waals surface area contributed by atoms with E-state index in [0.29, 0.717) is 26.4 Å². The van der Waals surface area contributed by atoms with Crippen molar-refractivity contribution in [1.82, 2.24) is 15.6 Å². The van der Waals surface area contributed by atoms with E-state index >= 15 is 0 Å². The Bertz CT molecular complexity index is 180. The molecule has 0 saturated carbocycles. The van der Waals surface area contributed by atoms with E-state index in [-0.39, 0.29) is 0 Å². The third-order valence-corrected chi connectivity index (χ3v) is 2.74. The van der Waals surface area contributed by atoms with Crippen molar-refractivity contribution in [3.8, 4) is 0 Å². The summed E-state index contributed by atoms with van der Waals surface area (Å²) in [5, 5.41) is 8.26. The van der Waals surface area contributed by atoms with E-state index in [1.54, 1.807) is 5.01 Å². The van der Waals surface area contributed by atoms with Crippen molar-refractivity contribution in [2.24, 2.45) is 5.84 Å². The van der Waals surface area contributed by atoms with Crippen LogP contribution in [0.5, 0.6) is 0 Å². The second-order valence-electron chi connectivity index (χ2n) is 4.37. The van der Waals surface area contributed by atoms with Crippen LogP contribution in [0.1, 0.15) is 0 Å². The van der Waals surface area contributed by atoms with E-state index < -0.39 is 0 Å². The summed E-state index contributed by atoms with van der Waals surface area (Å²) in [4.78, 5) is 0. The van der Waals surface area contributed by atoms with Gasteiger partial charge in [-0.1, -0.05) is 0 Å². The Kier molecular flexibility index (Phi) is 11.2. The van der Waals surface area contributed by atoms with Gasteiger partial charge in [-0.2, -0.15) is 0 Å². The molecular formula is C12H28N4O3. The number of ether oxygens (including phenoxy) is 3. The number of rotatable bonds is 0. The topological polar surface area (TPSA) is 81.0 Å². The van der Waals surface area contributed by atoms with Gasteiger partial charge in [0.05, 0.1) is 39.6 Å². The van der Waals surface area contributed by atoms with Crippen LogP contribution in [0, 0.1) is 0 Å². The summed E-state index contributed by atoms with van der Waals surface area (Å²) < 4.78 is 16.4. The number of nitrogens with one attached hydrogen (secondary N) is 2. The quantitative estimate of drug-likeness (QED) is 0.460. The SMILES string of the molecule is NN1CCOCCNCCOCCNCCOCC1. The van der Waals surface area contributed by atoms with Gasteiger partial charge >= 0.3 is 0 Å². The summed E-state index contributed by atoms with van der Waals surface area (Å²) in [5.41, 5.74) is 0. The van der Waals surface area contributed by atoms with E-state index in [2.05, 4.69) is 10.6 Å². The third-order valence-electron chi connectivity index (χ3n) is 2.74. The fourth-order valence-corrected chi connectivity index (χ4v) is 1.61. The van der Waals surface area contributed by atoms with Gasteiger partial charge in [0.15, 0.2) is 0 Å². The van der Waals surface area contributed by atoms with Crippen molar-refractivity contribution < 1.29 is 14.2 Å². The Balaban J connectivity index is 2.08. The van der Waals surface area contributed by atoms with Gasteiger partial charge in [0.2, 0.25) is 0 Å². The maximum Gasteiger partial charge on any atom is 0.0608 e. The summed E-state index contributed by atoms with van der Waals surface area (Å²) in [7, 11) is 0. The molecule has 1 rings (SSSR count). The minimum atomic E-state index is 0.649. The molecular weight excluding hydrogens is 248 g/mol. The average Bonchev–Trinajstić information content (AvgIpc) is 2.41. The lowest BCUT2D eigenvalue weighted by atomic mass is 10.5. The lowest BCUT2D eigenvalue weighted by molar-refractivity contribution is 0.0725. The summed E-state index contributed by atoms with van der Waals surface area (Å²) in [5.74, 6) is 5.81. The lowest BCUT2D eigenvalue weighted by Gasteiger charge is -2.16. The van der Waals surface area contributed by atoms with Crippen LogP contribution < -0.4 is 16.5 Å². The van der Waals surface area contributed by atoms with Crippen LogP contribution in [-0.4, -0.2) is 83.9 Å². The number of hydrogen-bond donors (Lipinski definition) is 3. The zero-order valence-corrected chi connectivity index (χ0v) is 11.7. The zero-order chi connectivity index (χ0) is 13.6. The van der Waals surface area contributed by atoms with E-state index in [0.717, 1.165) is 52.5 Å². The second kappa shape index (κ2) is 12.7. The molecule has 0 aromatic carbocycles. The van der Waals surface area contributed by atoms with Gasteiger partial charge in [-0.25, -0.2) is 5.01 Å². The molecule has 0 aromatic rings. The van der Waals surface area contributed by atoms with E-state index in [1.807, 2.05) is 0 Å². The van der Waals surface area contributed by atoms with Gasteiger partial charge in [0, 0.05) is 39.3 Å². The largest absolute Gasteiger partial charge is 0.379 e. The van der Waals surface area contributed by atoms with Gasteiger partial charge in [-0.05, 0) is 0 Å². The van der Waals surface area contributed by atoms with Crippen LogP contribution in [0.2, 0.25) is 0 Å². The first kappa shape index (κ1) is 16.8. The molecule has 7 heteroatoms. The normalized spacial score (nSPS) is 24.5. The molecule has 0 bridgehead atoms. The Morgan fingerprint density at radius 2 is 1.00 bits per heavy atom. The van der Waals surface area contributed by atoms with Gasteiger partial charge in [-0.3, -0.25) is 5.84 Å². The minimum absolute atomic E-state index is 0.649. The third kappa shape index (κ3) is 11.3. The molecule has 0 spiro atoms. The molecule has 0 amide bonds. The molecule has 19 heavy (non-hydrogen) atoms. The first-order valence-electron chi connectivity index (χ1n) is 7.04.